The van der Waals surface area contributed by atoms with Gasteiger partial charge in [-0.1, -0.05) is 6.07 Å². The highest BCUT2D eigenvalue weighted by atomic mass is 16.7. The normalized spacial score (nSPS) is 13.0. The molecule has 1 atom stereocenters. The van der Waals surface area contributed by atoms with Crippen LogP contribution in [0, 0.1) is 6.92 Å². The molecule has 0 N–H and O–H groups in total. The Balaban J connectivity index is 1.61. The number of ether oxygens (including phenoxy) is 3. The van der Waals surface area contributed by atoms with Crippen molar-refractivity contribution in [3.8, 4) is 22.9 Å². The maximum atomic E-state index is 13.7. The minimum absolute atomic E-state index is 0.133. The number of amides is 1. The zero-order chi connectivity index (χ0) is 24.7. The first-order chi connectivity index (χ1) is 16.9. The second-order valence-corrected chi connectivity index (χ2v) is 8.49. The third kappa shape index (κ3) is 3.97. The topological polar surface area (TPSA) is 82.9 Å². The highest BCUT2D eigenvalue weighted by molar-refractivity contribution is 5.95. The van der Waals surface area contributed by atoms with Crippen LogP contribution in [0.25, 0.3) is 16.6 Å². The smallest absolute Gasteiger partial charge is 0.266 e. The van der Waals surface area contributed by atoms with E-state index < -0.39 is 6.04 Å². The molecule has 0 spiro atoms. The van der Waals surface area contributed by atoms with Gasteiger partial charge in [-0.25, -0.2) is 4.98 Å². The minimum atomic E-state index is -0.521. The summed E-state index contributed by atoms with van der Waals surface area (Å²) in [4.78, 5) is 33.5. The van der Waals surface area contributed by atoms with E-state index in [-0.39, 0.29) is 18.3 Å². The molecule has 0 fully saturated rings. The number of rotatable bonds is 5. The quantitative estimate of drug-likeness (QED) is 0.433. The number of hydrogen-bond acceptors (Lipinski definition) is 6. The van der Waals surface area contributed by atoms with Gasteiger partial charge in [0.05, 0.1) is 29.7 Å². The lowest BCUT2D eigenvalue weighted by Crippen LogP contribution is -2.34. The van der Waals surface area contributed by atoms with Crippen molar-refractivity contribution < 1.29 is 19.0 Å². The van der Waals surface area contributed by atoms with Gasteiger partial charge in [0.15, 0.2) is 11.5 Å². The lowest BCUT2D eigenvalue weighted by atomic mass is 10.1. The maximum Gasteiger partial charge on any atom is 0.266 e. The lowest BCUT2D eigenvalue weighted by molar-refractivity contribution is 0.0734. The van der Waals surface area contributed by atoms with Crippen LogP contribution < -0.4 is 19.8 Å². The van der Waals surface area contributed by atoms with Crippen LogP contribution in [-0.4, -0.2) is 41.3 Å². The van der Waals surface area contributed by atoms with Crippen LogP contribution in [0.4, 0.5) is 0 Å². The predicted molar refractivity (Wildman–Crippen MR) is 132 cm³/mol. The minimum Gasteiger partial charge on any atom is -0.497 e. The van der Waals surface area contributed by atoms with E-state index in [0.717, 1.165) is 5.56 Å². The van der Waals surface area contributed by atoms with Gasteiger partial charge >= 0.3 is 0 Å². The van der Waals surface area contributed by atoms with Crippen molar-refractivity contribution in [3.05, 3.63) is 88.0 Å². The number of carbonyl (C=O) groups excluding carboxylic acids is 1. The summed E-state index contributed by atoms with van der Waals surface area (Å²) in [6, 6.07) is 17.3. The van der Waals surface area contributed by atoms with E-state index in [2.05, 4.69) is 0 Å². The van der Waals surface area contributed by atoms with Gasteiger partial charge < -0.3 is 19.1 Å². The summed E-state index contributed by atoms with van der Waals surface area (Å²) in [5.74, 6) is 2.05. The molecule has 178 valence electrons. The first kappa shape index (κ1) is 22.5. The van der Waals surface area contributed by atoms with E-state index in [1.165, 1.54) is 0 Å². The summed E-state index contributed by atoms with van der Waals surface area (Å²) in [6.45, 7) is 3.94. The number of aromatic nitrogens is 2. The summed E-state index contributed by atoms with van der Waals surface area (Å²) in [7, 11) is 3.29. The van der Waals surface area contributed by atoms with Crippen molar-refractivity contribution in [2.24, 2.45) is 0 Å². The van der Waals surface area contributed by atoms with Gasteiger partial charge in [0, 0.05) is 12.6 Å². The number of fused-ring (bicyclic) bond motifs is 2. The Morgan fingerprint density at radius 1 is 1.06 bits per heavy atom. The molecule has 0 saturated heterocycles. The van der Waals surface area contributed by atoms with Gasteiger partial charge in [-0.3, -0.25) is 14.2 Å². The fourth-order valence-electron chi connectivity index (χ4n) is 4.16. The Kier molecular flexibility index (Phi) is 5.64. The first-order valence-electron chi connectivity index (χ1n) is 11.2. The van der Waals surface area contributed by atoms with E-state index in [4.69, 9.17) is 19.2 Å². The molecule has 0 aliphatic carbocycles. The highest BCUT2D eigenvalue weighted by Crippen LogP contribution is 2.33. The predicted octanol–water partition coefficient (Wildman–Crippen LogP) is 4.26. The molecule has 2 heterocycles. The zero-order valence-electron chi connectivity index (χ0n) is 19.9. The second kappa shape index (κ2) is 8.79. The van der Waals surface area contributed by atoms with Crippen LogP contribution >= 0.6 is 0 Å². The molecule has 4 aromatic rings. The number of benzene rings is 3. The molecule has 8 heteroatoms. The van der Waals surface area contributed by atoms with E-state index >= 15 is 0 Å². The van der Waals surface area contributed by atoms with Crippen LogP contribution in [0.15, 0.2) is 65.5 Å². The van der Waals surface area contributed by atoms with E-state index in [1.54, 1.807) is 72.2 Å². The van der Waals surface area contributed by atoms with Crippen LogP contribution in [0.1, 0.15) is 34.7 Å². The molecule has 0 radical (unpaired) electrons. The summed E-state index contributed by atoms with van der Waals surface area (Å²) >= 11 is 0. The monoisotopic (exact) mass is 471 g/mol. The van der Waals surface area contributed by atoms with Crippen LogP contribution in [0.2, 0.25) is 0 Å². The van der Waals surface area contributed by atoms with Gasteiger partial charge in [-0.05, 0) is 74.0 Å². The van der Waals surface area contributed by atoms with E-state index in [0.29, 0.717) is 45.2 Å². The average Bonchev–Trinajstić information content (AvgIpc) is 3.35. The van der Waals surface area contributed by atoms with Crippen molar-refractivity contribution >= 4 is 16.8 Å². The summed E-state index contributed by atoms with van der Waals surface area (Å²) < 4.78 is 17.6. The molecule has 5 rings (SSSR count). The van der Waals surface area contributed by atoms with Gasteiger partial charge in [0.2, 0.25) is 6.79 Å². The van der Waals surface area contributed by atoms with E-state index in [1.807, 2.05) is 26.0 Å². The number of hydrogen-bond donors (Lipinski definition) is 0. The summed E-state index contributed by atoms with van der Waals surface area (Å²) in [6.07, 6.45) is 0. The van der Waals surface area contributed by atoms with Crippen molar-refractivity contribution in [1.29, 1.82) is 0 Å². The fourth-order valence-corrected chi connectivity index (χ4v) is 4.16. The second-order valence-electron chi connectivity index (χ2n) is 8.49. The Hall–Kier alpha value is -4.33. The number of methoxy groups -OCH3 is 1. The molecule has 1 amide bonds. The molecule has 35 heavy (non-hydrogen) atoms. The SMILES string of the molecule is COc1ccc(-n2c(C(C)N(C)C(=O)c3ccc4c(c3)OCO4)nc3cc(C)ccc3c2=O)cc1. The largest absolute Gasteiger partial charge is 0.497 e. The van der Waals surface area contributed by atoms with Gasteiger partial charge in [-0.2, -0.15) is 0 Å². The summed E-state index contributed by atoms with van der Waals surface area (Å²) in [5.41, 5.74) is 2.47. The number of nitrogens with zero attached hydrogens (tertiary/aromatic N) is 3. The lowest BCUT2D eigenvalue weighted by Gasteiger charge is -2.27. The Labute approximate surface area is 202 Å². The third-order valence-corrected chi connectivity index (χ3v) is 6.28. The maximum absolute atomic E-state index is 13.7. The van der Waals surface area contributed by atoms with Gasteiger partial charge in [0.25, 0.3) is 11.5 Å². The molecule has 0 saturated carbocycles. The molecule has 1 unspecified atom stereocenters. The molecular weight excluding hydrogens is 446 g/mol. The fraction of sp³-hybridized carbons (Fsp3) is 0.222. The highest BCUT2D eigenvalue weighted by Gasteiger charge is 2.26. The standard InChI is InChI=1S/C27H25N3O5/c1-16-5-11-21-22(13-16)28-25(30(27(21)32)19-7-9-20(33-4)10-8-19)17(2)29(3)26(31)18-6-12-23-24(14-18)35-15-34-23/h5-14,17H,15H2,1-4H3. The molecule has 8 nitrogen and oxygen atoms in total. The first-order valence-corrected chi connectivity index (χ1v) is 11.2. The van der Waals surface area contributed by atoms with Crippen molar-refractivity contribution in [2.75, 3.05) is 21.0 Å². The average molecular weight is 472 g/mol. The molecule has 1 aliphatic rings. The molecule has 1 aliphatic heterocycles. The van der Waals surface area contributed by atoms with Crippen molar-refractivity contribution in [2.45, 2.75) is 19.9 Å². The Morgan fingerprint density at radius 2 is 1.80 bits per heavy atom. The van der Waals surface area contributed by atoms with Crippen LogP contribution in [-0.2, 0) is 0 Å². The zero-order valence-corrected chi connectivity index (χ0v) is 19.9. The summed E-state index contributed by atoms with van der Waals surface area (Å²) in [5, 5.41) is 0.507. The Bertz CT molecular complexity index is 1490. The number of carbonyl (C=O) groups is 1. The third-order valence-electron chi connectivity index (χ3n) is 6.28. The molecule has 0 bridgehead atoms. The van der Waals surface area contributed by atoms with Gasteiger partial charge in [-0.15, -0.1) is 0 Å². The Morgan fingerprint density at radius 3 is 2.54 bits per heavy atom. The van der Waals surface area contributed by atoms with Crippen LogP contribution in [0.5, 0.6) is 17.2 Å². The number of aryl methyl sites for hydroxylation is 1. The van der Waals surface area contributed by atoms with Crippen LogP contribution in [0.3, 0.4) is 0 Å². The molecule has 3 aromatic carbocycles. The molecule has 1 aromatic heterocycles. The van der Waals surface area contributed by atoms with Crippen molar-refractivity contribution in [3.63, 3.8) is 0 Å². The molecular formula is C27H25N3O5. The van der Waals surface area contributed by atoms with Crippen molar-refractivity contribution in [1.82, 2.24) is 14.5 Å². The van der Waals surface area contributed by atoms with E-state index in [9.17, 15) is 9.59 Å². The van der Waals surface area contributed by atoms with Gasteiger partial charge in [0.1, 0.15) is 11.6 Å².